The maximum Gasteiger partial charge on any atom is 0.0546 e. The van der Waals surface area contributed by atoms with E-state index in [1.165, 1.54) is 11.1 Å². The Kier molecular flexibility index (Phi) is 2.83. The summed E-state index contributed by atoms with van der Waals surface area (Å²) in [6.45, 7) is 6.32. The van der Waals surface area contributed by atoms with E-state index in [0.29, 0.717) is 17.8 Å². The second-order valence-corrected chi connectivity index (χ2v) is 5.07. The molecule has 1 aliphatic rings. The number of rotatable bonds is 3. The van der Waals surface area contributed by atoms with E-state index in [2.05, 4.69) is 38.1 Å². The van der Waals surface area contributed by atoms with Gasteiger partial charge in [0.2, 0.25) is 0 Å². The van der Waals surface area contributed by atoms with Crippen LogP contribution in [0, 0.1) is 5.92 Å². The van der Waals surface area contributed by atoms with Crippen molar-refractivity contribution in [2.24, 2.45) is 5.92 Å². The van der Waals surface area contributed by atoms with Crippen LogP contribution in [0.25, 0.3) is 0 Å². The van der Waals surface area contributed by atoms with E-state index in [4.69, 9.17) is 0 Å². The number of benzene rings is 1. The molecule has 1 aromatic carbocycles. The molecule has 0 amide bonds. The summed E-state index contributed by atoms with van der Waals surface area (Å²) < 4.78 is 0. The van der Waals surface area contributed by atoms with Crippen molar-refractivity contribution in [2.75, 3.05) is 0 Å². The first-order valence-corrected chi connectivity index (χ1v) is 5.87. The molecule has 3 atom stereocenters. The molecule has 1 N–H and O–H groups in total. The Hall–Kier alpha value is -0.820. The molecular formula is C14H20O. The van der Waals surface area contributed by atoms with Gasteiger partial charge in [-0.15, -0.1) is 0 Å². The van der Waals surface area contributed by atoms with E-state index in [1.54, 1.807) is 0 Å². The van der Waals surface area contributed by atoms with Crippen LogP contribution in [0.3, 0.4) is 0 Å². The fourth-order valence-corrected chi connectivity index (χ4v) is 2.26. The van der Waals surface area contributed by atoms with Gasteiger partial charge in [-0.05, 0) is 42.2 Å². The fraction of sp³-hybridized carbons (Fsp3) is 0.571. The third-order valence-electron chi connectivity index (χ3n) is 3.49. The van der Waals surface area contributed by atoms with Gasteiger partial charge in [-0.25, -0.2) is 0 Å². The van der Waals surface area contributed by atoms with Gasteiger partial charge < -0.3 is 5.11 Å². The molecule has 0 saturated heterocycles. The molecule has 82 valence electrons. The molecule has 0 radical (unpaired) electrons. The van der Waals surface area contributed by atoms with Crippen LogP contribution < -0.4 is 0 Å². The van der Waals surface area contributed by atoms with Crippen LogP contribution >= 0.6 is 0 Å². The van der Waals surface area contributed by atoms with Crippen LogP contribution in [-0.4, -0.2) is 11.2 Å². The van der Waals surface area contributed by atoms with Gasteiger partial charge in [0.05, 0.1) is 6.10 Å². The van der Waals surface area contributed by atoms with Crippen molar-refractivity contribution >= 4 is 0 Å². The van der Waals surface area contributed by atoms with Crippen molar-refractivity contribution in [1.29, 1.82) is 0 Å². The SMILES string of the molecule is CC(C)c1ccc([C@H]2C[C@H]2[C@@H](C)O)cc1. The molecule has 1 heteroatoms. The van der Waals surface area contributed by atoms with Crippen LogP contribution in [0.4, 0.5) is 0 Å². The van der Waals surface area contributed by atoms with E-state index >= 15 is 0 Å². The molecule has 0 spiro atoms. The number of hydrogen-bond donors (Lipinski definition) is 1. The molecule has 0 unspecified atom stereocenters. The van der Waals surface area contributed by atoms with Crippen LogP contribution in [0.15, 0.2) is 24.3 Å². The highest BCUT2D eigenvalue weighted by Crippen LogP contribution is 2.49. The zero-order valence-electron chi connectivity index (χ0n) is 9.77. The van der Waals surface area contributed by atoms with Gasteiger partial charge in [0.1, 0.15) is 0 Å². The first kappa shape index (κ1) is 10.7. The lowest BCUT2D eigenvalue weighted by Gasteiger charge is -2.07. The average Bonchev–Trinajstić information content (AvgIpc) is 2.97. The monoisotopic (exact) mass is 204 g/mol. The second kappa shape index (κ2) is 3.97. The normalized spacial score (nSPS) is 26.7. The second-order valence-electron chi connectivity index (χ2n) is 5.07. The standard InChI is InChI=1S/C14H20O/c1-9(2)11-4-6-12(7-5-11)14-8-13(14)10(3)15/h4-7,9-10,13-15H,8H2,1-3H3/t10-,13+,14-/m1/s1. The highest BCUT2D eigenvalue weighted by atomic mass is 16.3. The van der Waals surface area contributed by atoms with Gasteiger partial charge in [0.15, 0.2) is 0 Å². The summed E-state index contributed by atoms with van der Waals surface area (Å²) in [7, 11) is 0. The largest absolute Gasteiger partial charge is 0.393 e. The van der Waals surface area contributed by atoms with Gasteiger partial charge in [-0.2, -0.15) is 0 Å². The van der Waals surface area contributed by atoms with Gasteiger partial charge >= 0.3 is 0 Å². The summed E-state index contributed by atoms with van der Waals surface area (Å²) in [6.07, 6.45) is 0.998. The molecule has 1 fully saturated rings. The predicted molar refractivity (Wildman–Crippen MR) is 63.1 cm³/mol. The van der Waals surface area contributed by atoms with Gasteiger partial charge in [0.25, 0.3) is 0 Å². The summed E-state index contributed by atoms with van der Waals surface area (Å²) in [6, 6.07) is 8.89. The molecule has 0 bridgehead atoms. The summed E-state index contributed by atoms with van der Waals surface area (Å²) in [5, 5.41) is 9.47. The molecule has 1 nitrogen and oxygen atoms in total. The van der Waals surface area contributed by atoms with E-state index in [-0.39, 0.29) is 6.10 Å². The summed E-state index contributed by atoms with van der Waals surface area (Å²) in [5.41, 5.74) is 2.79. The first-order chi connectivity index (χ1) is 7.09. The Morgan fingerprint density at radius 1 is 1.13 bits per heavy atom. The zero-order valence-corrected chi connectivity index (χ0v) is 9.77. The zero-order chi connectivity index (χ0) is 11.0. The molecule has 1 saturated carbocycles. The van der Waals surface area contributed by atoms with Crippen molar-refractivity contribution in [3.8, 4) is 0 Å². The minimum absolute atomic E-state index is 0.153. The molecular weight excluding hydrogens is 184 g/mol. The molecule has 15 heavy (non-hydrogen) atoms. The Balaban J connectivity index is 2.06. The van der Waals surface area contributed by atoms with E-state index < -0.39 is 0 Å². The Labute approximate surface area is 92.1 Å². The quantitative estimate of drug-likeness (QED) is 0.801. The van der Waals surface area contributed by atoms with E-state index in [1.807, 2.05) is 6.92 Å². The predicted octanol–water partition coefficient (Wildman–Crippen LogP) is 3.29. The van der Waals surface area contributed by atoms with E-state index in [0.717, 1.165) is 6.42 Å². The number of hydrogen-bond acceptors (Lipinski definition) is 1. The minimum Gasteiger partial charge on any atom is -0.393 e. The van der Waals surface area contributed by atoms with Gasteiger partial charge in [-0.3, -0.25) is 0 Å². The van der Waals surface area contributed by atoms with Crippen LogP contribution in [0.2, 0.25) is 0 Å². The molecule has 1 aliphatic carbocycles. The molecule has 1 aromatic rings. The van der Waals surface area contributed by atoms with Gasteiger partial charge in [-0.1, -0.05) is 38.1 Å². The third-order valence-corrected chi connectivity index (χ3v) is 3.49. The molecule has 0 aromatic heterocycles. The lowest BCUT2D eigenvalue weighted by atomic mass is 9.99. The van der Waals surface area contributed by atoms with Crippen LogP contribution in [-0.2, 0) is 0 Å². The Morgan fingerprint density at radius 2 is 1.73 bits per heavy atom. The lowest BCUT2D eigenvalue weighted by Crippen LogP contribution is -2.03. The highest BCUT2D eigenvalue weighted by Gasteiger charge is 2.41. The average molecular weight is 204 g/mol. The molecule has 0 aliphatic heterocycles. The van der Waals surface area contributed by atoms with Crippen molar-refractivity contribution in [2.45, 2.75) is 45.1 Å². The number of aliphatic hydroxyl groups is 1. The van der Waals surface area contributed by atoms with Gasteiger partial charge in [0, 0.05) is 0 Å². The summed E-state index contributed by atoms with van der Waals surface area (Å²) >= 11 is 0. The smallest absolute Gasteiger partial charge is 0.0546 e. The fourth-order valence-electron chi connectivity index (χ4n) is 2.26. The van der Waals surface area contributed by atoms with Crippen molar-refractivity contribution in [1.82, 2.24) is 0 Å². The first-order valence-electron chi connectivity index (χ1n) is 5.87. The topological polar surface area (TPSA) is 20.2 Å². The van der Waals surface area contributed by atoms with Crippen LogP contribution in [0.5, 0.6) is 0 Å². The van der Waals surface area contributed by atoms with Crippen molar-refractivity contribution in [3.05, 3.63) is 35.4 Å². The van der Waals surface area contributed by atoms with Crippen molar-refractivity contribution < 1.29 is 5.11 Å². The van der Waals surface area contributed by atoms with Crippen LogP contribution in [0.1, 0.15) is 50.2 Å². The highest BCUT2D eigenvalue weighted by molar-refractivity contribution is 5.31. The Morgan fingerprint density at radius 3 is 2.13 bits per heavy atom. The Bertz CT molecular complexity index is 324. The van der Waals surface area contributed by atoms with Crippen molar-refractivity contribution in [3.63, 3.8) is 0 Å². The molecule has 2 rings (SSSR count). The summed E-state index contributed by atoms with van der Waals surface area (Å²) in [4.78, 5) is 0. The lowest BCUT2D eigenvalue weighted by molar-refractivity contribution is 0.169. The summed E-state index contributed by atoms with van der Waals surface area (Å²) in [5.74, 6) is 1.70. The maximum absolute atomic E-state index is 9.47. The third kappa shape index (κ3) is 2.23. The maximum atomic E-state index is 9.47. The minimum atomic E-state index is -0.153. The van der Waals surface area contributed by atoms with E-state index in [9.17, 15) is 5.11 Å². The molecule has 0 heterocycles. The number of aliphatic hydroxyl groups excluding tert-OH is 1.